The average Bonchev–Trinajstić information content (AvgIpc) is 2.69. The monoisotopic (exact) mass is 361 g/mol. The van der Waals surface area contributed by atoms with E-state index in [0.29, 0.717) is 18.0 Å². The Kier molecular flexibility index (Phi) is 6.05. The van der Waals surface area contributed by atoms with Gasteiger partial charge in [-0.1, -0.05) is 36.4 Å². The lowest BCUT2D eigenvalue weighted by atomic mass is 10.1. The topological polar surface area (TPSA) is 63.2 Å². The van der Waals surface area contributed by atoms with Gasteiger partial charge < -0.3 is 15.4 Å². The van der Waals surface area contributed by atoms with Crippen molar-refractivity contribution in [2.75, 3.05) is 5.32 Å². The third-order valence-corrected chi connectivity index (χ3v) is 4.18. The molecule has 2 aromatic carbocycles. The lowest BCUT2D eigenvalue weighted by Gasteiger charge is -2.17. The van der Waals surface area contributed by atoms with Crippen LogP contribution in [0.2, 0.25) is 0 Å². The van der Waals surface area contributed by atoms with Crippen LogP contribution in [0.5, 0.6) is 5.75 Å². The number of benzene rings is 2. The largest absolute Gasteiger partial charge is 0.487 e. The van der Waals surface area contributed by atoms with Crippen LogP contribution >= 0.6 is 0 Å². The summed E-state index contributed by atoms with van der Waals surface area (Å²) in [4.78, 5) is 16.4. The number of carbonyl (C=O) groups is 1. The summed E-state index contributed by atoms with van der Waals surface area (Å²) in [6.45, 7) is 4.36. The van der Waals surface area contributed by atoms with Crippen molar-refractivity contribution in [3.8, 4) is 5.75 Å². The van der Waals surface area contributed by atoms with Crippen LogP contribution in [0.15, 0.2) is 73.1 Å². The van der Waals surface area contributed by atoms with E-state index >= 15 is 0 Å². The third kappa shape index (κ3) is 5.31. The number of pyridine rings is 1. The quantitative estimate of drug-likeness (QED) is 0.659. The van der Waals surface area contributed by atoms with E-state index in [1.54, 1.807) is 12.4 Å². The second-order valence-electron chi connectivity index (χ2n) is 6.37. The average molecular weight is 361 g/mol. The van der Waals surface area contributed by atoms with Crippen molar-refractivity contribution in [2.24, 2.45) is 0 Å². The van der Waals surface area contributed by atoms with Gasteiger partial charge in [-0.2, -0.15) is 0 Å². The molecule has 1 aromatic heterocycles. The van der Waals surface area contributed by atoms with E-state index in [1.165, 1.54) is 0 Å². The third-order valence-electron chi connectivity index (χ3n) is 4.18. The van der Waals surface area contributed by atoms with Gasteiger partial charge in [-0.15, -0.1) is 0 Å². The van der Waals surface area contributed by atoms with Crippen LogP contribution in [0, 0.1) is 6.92 Å². The lowest BCUT2D eigenvalue weighted by molar-refractivity contribution is 0.249. The van der Waals surface area contributed by atoms with Crippen LogP contribution in [0.25, 0.3) is 0 Å². The zero-order valence-electron chi connectivity index (χ0n) is 15.5. The minimum absolute atomic E-state index is 0.132. The Balaban J connectivity index is 1.66. The predicted octanol–water partition coefficient (Wildman–Crippen LogP) is 4.85. The number of rotatable bonds is 6. The van der Waals surface area contributed by atoms with Gasteiger partial charge in [0.1, 0.15) is 12.4 Å². The highest BCUT2D eigenvalue weighted by molar-refractivity contribution is 5.91. The second-order valence-corrected chi connectivity index (χ2v) is 6.37. The summed E-state index contributed by atoms with van der Waals surface area (Å²) < 4.78 is 5.94. The molecule has 0 aliphatic rings. The SMILES string of the molecule is Cc1ccc(NC(=O)NC(C)c2ccncc2)c(OCc2ccccc2)c1. The van der Waals surface area contributed by atoms with Crippen molar-refractivity contribution < 1.29 is 9.53 Å². The van der Waals surface area contributed by atoms with E-state index in [2.05, 4.69) is 15.6 Å². The highest BCUT2D eigenvalue weighted by Gasteiger charge is 2.12. The molecule has 0 saturated carbocycles. The van der Waals surface area contributed by atoms with Crippen molar-refractivity contribution in [3.63, 3.8) is 0 Å². The number of amides is 2. The number of hydrogen-bond acceptors (Lipinski definition) is 3. The first-order valence-electron chi connectivity index (χ1n) is 8.86. The molecule has 0 aliphatic carbocycles. The summed E-state index contributed by atoms with van der Waals surface area (Å²) in [5.74, 6) is 0.644. The fraction of sp³-hybridized carbons (Fsp3) is 0.182. The molecule has 5 nitrogen and oxygen atoms in total. The second kappa shape index (κ2) is 8.85. The van der Waals surface area contributed by atoms with Gasteiger partial charge in [0, 0.05) is 12.4 Å². The van der Waals surface area contributed by atoms with Gasteiger partial charge in [-0.05, 0) is 54.8 Å². The maximum atomic E-state index is 12.4. The Morgan fingerprint density at radius 1 is 1.07 bits per heavy atom. The molecule has 0 radical (unpaired) electrons. The van der Waals surface area contributed by atoms with Crippen LogP contribution in [-0.4, -0.2) is 11.0 Å². The highest BCUT2D eigenvalue weighted by atomic mass is 16.5. The zero-order chi connectivity index (χ0) is 19.1. The number of hydrogen-bond donors (Lipinski definition) is 2. The van der Waals surface area contributed by atoms with Crippen molar-refractivity contribution in [3.05, 3.63) is 89.7 Å². The number of urea groups is 1. The van der Waals surface area contributed by atoms with E-state index < -0.39 is 0 Å². The summed E-state index contributed by atoms with van der Waals surface area (Å²) in [7, 11) is 0. The first kappa shape index (κ1) is 18.5. The summed E-state index contributed by atoms with van der Waals surface area (Å²) in [6, 6.07) is 19.0. The van der Waals surface area contributed by atoms with Crippen LogP contribution < -0.4 is 15.4 Å². The smallest absolute Gasteiger partial charge is 0.319 e. The number of carbonyl (C=O) groups excluding carboxylic acids is 1. The molecular weight excluding hydrogens is 338 g/mol. The van der Waals surface area contributed by atoms with Crippen molar-refractivity contribution >= 4 is 11.7 Å². The van der Waals surface area contributed by atoms with Crippen LogP contribution in [0.3, 0.4) is 0 Å². The Hall–Kier alpha value is -3.34. The first-order chi connectivity index (χ1) is 13.1. The molecule has 0 saturated heterocycles. The fourth-order valence-corrected chi connectivity index (χ4v) is 2.68. The fourth-order valence-electron chi connectivity index (χ4n) is 2.68. The molecule has 3 rings (SSSR count). The molecule has 1 atom stereocenters. The van der Waals surface area contributed by atoms with E-state index in [-0.39, 0.29) is 12.1 Å². The van der Waals surface area contributed by atoms with Crippen molar-refractivity contribution in [1.29, 1.82) is 0 Å². The van der Waals surface area contributed by atoms with Gasteiger partial charge in [0.05, 0.1) is 11.7 Å². The highest BCUT2D eigenvalue weighted by Crippen LogP contribution is 2.27. The molecule has 138 valence electrons. The summed E-state index contributed by atoms with van der Waals surface area (Å²) in [6.07, 6.45) is 3.42. The Labute approximate surface area is 159 Å². The predicted molar refractivity (Wildman–Crippen MR) is 107 cm³/mol. The van der Waals surface area contributed by atoms with Crippen LogP contribution in [0.4, 0.5) is 10.5 Å². The van der Waals surface area contributed by atoms with Gasteiger partial charge in [-0.25, -0.2) is 4.79 Å². The van der Waals surface area contributed by atoms with E-state index in [1.807, 2.05) is 74.5 Å². The number of nitrogens with zero attached hydrogens (tertiary/aromatic N) is 1. The molecule has 0 bridgehead atoms. The molecule has 1 heterocycles. The number of aryl methyl sites for hydroxylation is 1. The van der Waals surface area contributed by atoms with E-state index in [4.69, 9.17) is 4.74 Å². The minimum Gasteiger partial charge on any atom is -0.487 e. The number of anilines is 1. The molecular formula is C22H23N3O2. The zero-order valence-corrected chi connectivity index (χ0v) is 15.5. The number of nitrogens with one attached hydrogen (secondary N) is 2. The Bertz CT molecular complexity index is 883. The van der Waals surface area contributed by atoms with Gasteiger partial charge >= 0.3 is 6.03 Å². The van der Waals surface area contributed by atoms with Gasteiger partial charge in [0.25, 0.3) is 0 Å². The number of ether oxygens (including phenoxy) is 1. The molecule has 2 amide bonds. The number of aromatic nitrogens is 1. The summed E-state index contributed by atoms with van der Waals surface area (Å²) in [5.41, 5.74) is 3.76. The lowest BCUT2D eigenvalue weighted by Crippen LogP contribution is -2.31. The van der Waals surface area contributed by atoms with Gasteiger partial charge in [0.2, 0.25) is 0 Å². The molecule has 2 N–H and O–H groups in total. The van der Waals surface area contributed by atoms with Crippen LogP contribution in [0.1, 0.15) is 29.7 Å². The first-order valence-corrected chi connectivity index (χ1v) is 8.86. The summed E-state index contributed by atoms with van der Waals surface area (Å²) >= 11 is 0. The van der Waals surface area contributed by atoms with Crippen molar-refractivity contribution in [2.45, 2.75) is 26.5 Å². The molecule has 1 unspecified atom stereocenters. The molecule has 5 heteroatoms. The molecule has 3 aromatic rings. The maximum absolute atomic E-state index is 12.4. The molecule has 27 heavy (non-hydrogen) atoms. The normalized spacial score (nSPS) is 11.5. The standard InChI is InChI=1S/C22H23N3O2/c1-16-8-9-20(21(14-16)27-15-18-6-4-3-5-7-18)25-22(26)24-17(2)19-10-12-23-13-11-19/h3-14,17H,15H2,1-2H3,(H2,24,25,26). The van der Waals surface area contributed by atoms with Crippen LogP contribution in [-0.2, 0) is 6.61 Å². The maximum Gasteiger partial charge on any atom is 0.319 e. The van der Waals surface area contributed by atoms with E-state index in [0.717, 1.165) is 16.7 Å². The Morgan fingerprint density at radius 3 is 2.56 bits per heavy atom. The summed E-state index contributed by atoms with van der Waals surface area (Å²) in [5, 5.41) is 5.81. The molecule has 0 spiro atoms. The molecule has 0 fully saturated rings. The minimum atomic E-state index is -0.285. The molecule has 0 aliphatic heterocycles. The van der Waals surface area contributed by atoms with E-state index in [9.17, 15) is 4.79 Å². The van der Waals surface area contributed by atoms with Gasteiger partial charge in [0.15, 0.2) is 0 Å². The Morgan fingerprint density at radius 2 is 1.81 bits per heavy atom. The van der Waals surface area contributed by atoms with Gasteiger partial charge in [-0.3, -0.25) is 4.98 Å². The van der Waals surface area contributed by atoms with Crippen molar-refractivity contribution in [1.82, 2.24) is 10.3 Å².